The first-order chi connectivity index (χ1) is 13.7. The van der Waals surface area contributed by atoms with Crippen LogP contribution in [0.1, 0.15) is 34.0 Å². The van der Waals surface area contributed by atoms with Crippen molar-refractivity contribution in [1.29, 1.82) is 0 Å². The van der Waals surface area contributed by atoms with E-state index in [0.29, 0.717) is 29.8 Å². The Hall–Kier alpha value is -3.29. The number of amides is 1. The van der Waals surface area contributed by atoms with Crippen molar-refractivity contribution in [2.24, 2.45) is 12.8 Å². The number of benzene rings is 2. The molecule has 0 atom stereocenters. The second-order valence-corrected chi connectivity index (χ2v) is 6.70. The number of nitrogens with two attached hydrogens (primary N) is 1. The van der Waals surface area contributed by atoms with Gasteiger partial charge in [-0.2, -0.15) is 13.2 Å². The van der Waals surface area contributed by atoms with Crippen molar-refractivity contribution in [3.05, 3.63) is 71.2 Å². The summed E-state index contributed by atoms with van der Waals surface area (Å²) >= 11 is 0. The van der Waals surface area contributed by atoms with Gasteiger partial charge >= 0.3 is 6.18 Å². The summed E-state index contributed by atoms with van der Waals surface area (Å²) < 4.78 is 40.0. The zero-order chi connectivity index (χ0) is 21.2. The van der Waals surface area contributed by atoms with Crippen LogP contribution in [-0.2, 0) is 26.2 Å². The van der Waals surface area contributed by atoms with E-state index in [0.717, 1.165) is 28.9 Å². The molecule has 0 aliphatic carbocycles. The van der Waals surface area contributed by atoms with E-state index in [1.807, 2.05) is 20.2 Å². The number of nitrogens with one attached hydrogen (secondary N) is 1. The van der Waals surface area contributed by atoms with Crippen molar-refractivity contribution >= 4 is 11.6 Å². The Labute approximate surface area is 166 Å². The predicted molar refractivity (Wildman–Crippen MR) is 105 cm³/mol. The first-order valence-corrected chi connectivity index (χ1v) is 9.04. The molecule has 29 heavy (non-hydrogen) atoms. The molecule has 0 bridgehead atoms. The van der Waals surface area contributed by atoms with E-state index in [4.69, 9.17) is 5.73 Å². The Morgan fingerprint density at radius 1 is 1.17 bits per heavy atom. The van der Waals surface area contributed by atoms with Gasteiger partial charge < -0.3 is 15.6 Å². The Bertz CT molecular complexity index is 1020. The number of hydrogen-bond acceptors (Lipinski definition) is 3. The molecule has 1 aromatic heterocycles. The number of nitrogens with zero attached hydrogens (tertiary/aromatic N) is 2. The zero-order valence-corrected chi connectivity index (χ0v) is 16.0. The smallest absolute Gasteiger partial charge is 0.380 e. The van der Waals surface area contributed by atoms with E-state index in [-0.39, 0.29) is 0 Å². The number of carbonyl (C=O) groups excluding carboxylic acids is 1. The molecule has 0 saturated carbocycles. The number of hydrogen-bond donors (Lipinski definition) is 2. The van der Waals surface area contributed by atoms with Crippen molar-refractivity contribution in [2.45, 2.75) is 26.1 Å². The van der Waals surface area contributed by atoms with E-state index in [9.17, 15) is 18.0 Å². The molecular formula is C21H21F3N4O. The SMILES string of the molecule is CCc1c(C(N)=O)ccc(NCc2ccc(C(F)(F)F)cc2)c1-c1cn(C)cn1. The number of rotatable bonds is 6. The Morgan fingerprint density at radius 3 is 2.38 bits per heavy atom. The van der Waals surface area contributed by atoms with Crippen LogP contribution < -0.4 is 11.1 Å². The molecule has 3 rings (SSSR count). The average molecular weight is 402 g/mol. The lowest BCUT2D eigenvalue weighted by Gasteiger charge is -2.17. The molecule has 0 aliphatic heterocycles. The van der Waals surface area contributed by atoms with Crippen LogP contribution in [0.2, 0.25) is 0 Å². The highest BCUT2D eigenvalue weighted by atomic mass is 19.4. The van der Waals surface area contributed by atoms with Crippen LogP contribution in [0.3, 0.4) is 0 Å². The predicted octanol–water partition coefficient (Wildman–Crippen LogP) is 4.38. The maximum Gasteiger partial charge on any atom is 0.416 e. The van der Waals surface area contributed by atoms with Gasteiger partial charge in [-0.1, -0.05) is 19.1 Å². The molecule has 8 heteroatoms. The molecule has 0 radical (unpaired) electrons. The monoisotopic (exact) mass is 402 g/mol. The number of primary amides is 1. The third-order valence-electron chi connectivity index (χ3n) is 4.66. The first kappa shape index (κ1) is 20.4. The van der Waals surface area contributed by atoms with Gasteiger partial charge in [-0.05, 0) is 41.8 Å². The van der Waals surface area contributed by atoms with E-state index in [1.54, 1.807) is 23.0 Å². The summed E-state index contributed by atoms with van der Waals surface area (Å²) in [5.74, 6) is -0.520. The Kier molecular flexibility index (Phi) is 5.63. The minimum absolute atomic E-state index is 0.317. The van der Waals surface area contributed by atoms with Crippen molar-refractivity contribution in [1.82, 2.24) is 9.55 Å². The molecule has 1 heterocycles. The van der Waals surface area contributed by atoms with E-state index < -0.39 is 17.6 Å². The molecule has 0 saturated heterocycles. The lowest BCUT2D eigenvalue weighted by atomic mass is 9.94. The van der Waals surface area contributed by atoms with Gasteiger partial charge in [0.1, 0.15) is 0 Å². The summed E-state index contributed by atoms with van der Waals surface area (Å²) in [7, 11) is 1.84. The summed E-state index contributed by atoms with van der Waals surface area (Å²) in [6.45, 7) is 2.24. The molecule has 3 N–H and O–H groups in total. The Morgan fingerprint density at radius 2 is 1.86 bits per heavy atom. The fraction of sp³-hybridized carbons (Fsp3) is 0.238. The molecule has 0 fully saturated rings. The van der Waals surface area contributed by atoms with E-state index in [2.05, 4.69) is 10.3 Å². The number of anilines is 1. The fourth-order valence-electron chi connectivity index (χ4n) is 3.24. The molecule has 3 aromatic rings. The van der Waals surface area contributed by atoms with Gasteiger partial charge in [-0.25, -0.2) is 4.98 Å². The van der Waals surface area contributed by atoms with Gasteiger partial charge in [0.2, 0.25) is 5.91 Å². The van der Waals surface area contributed by atoms with Crippen LogP contribution in [0.15, 0.2) is 48.9 Å². The number of halogens is 3. The minimum atomic E-state index is -4.36. The molecule has 0 spiro atoms. The largest absolute Gasteiger partial charge is 0.416 e. The number of alkyl halides is 3. The summed E-state index contributed by atoms with van der Waals surface area (Å²) in [5.41, 5.74) is 8.91. The molecule has 0 aliphatic rings. The lowest BCUT2D eigenvalue weighted by molar-refractivity contribution is -0.137. The van der Waals surface area contributed by atoms with Gasteiger partial charge in [0.25, 0.3) is 0 Å². The third kappa shape index (κ3) is 4.42. The highest BCUT2D eigenvalue weighted by Gasteiger charge is 2.29. The summed E-state index contributed by atoms with van der Waals surface area (Å²) in [6, 6.07) is 8.40. The van der Waals surface area contributed by atoms with Crippen LogP contribution in [0.25, 0.3) is 11.3 Å². The molecule has 152 valence electrons. The van der Waals surface area contributed by atoms with Crippen LogP contribution in [0.5, 0.6) is 0 Å². The number of carbonyl (C=O) groups is 1. The summed E-state index contributed by atoms with van der Waals surface area (Å²) in [6.07, 6.45) is -0.299. The number of imidazole rings is 1. The summed E-state index contributed by atoms with van der Waals surface area (Å²) in [4.78, 5) is 16.3. The maximum atomic E-state index is 12.7. The number of aromatic nitrogens is 2. The van der Waals surface area contributed by atoms with Crippen molar-refractivity contribution < 1.29 is 18.0 Å². The van der Waals surface area contributed by atoms with Crippen molar-refractivity contribution in [3.63, 3.8) is 0 Å². The quantitative estimate of drug-likeness (QED) is 0.643. The first-order valence-electron chi connectivity index (χ1n) is 9.04. The van der Waals surface area contributed by atoms with Crippen LogP contribution in [0, 0.1) is 0 Å². The lowest BCUT2D eigenvalue weighted by Crippen LogP contribution is -2.15. The van der Waals surface area contributed by atoms with Gasteiger partial charge in [-0.15, -0.1) is 0 Å². The highest BCUT2D eigenvalue weighted by molar-refractivity contribution is 5.98. The van der Waals surface area contributed by atoms with Crippen LogP contribution >= 0.6 is 0 Å². The second-order valence-electron chi connectivity index (χ2n) is 6.70. The standard InChI is InChI=1S/C21H21F3N4O/c1-3-15-16(20(25)29)8-9-17(19(15)18-11-28(2)12-27-18)26-10-13-4-6-14(7-5-13)21(22,23)24/h4-9,11-12,26H,3,10H2,1-2H3,(H2,25,29). The second kappa shape index (κ2) is 7.98. The van der Waals surface area contributed by atoms with Crippen molar-refractivity contribution in [3.8, 4) is 11.3 Å². The van der Waals surface area contributed by atoms with E-state index in [1.165, 1.54) is 12.1 Å². The normalized spacial score (nSPS) is 11.5. The van der Waals surface area contributed by atoms with Crippen LogP contribution in [-0.4, -0.2) is 15.5 Å². The molecule has 1 amide bonds. The molecule has 0 unspecified atom stereocenters. The molecule has 5 nitrogen and oxygen atoms in total. The molecular weight excluding hydrogens is 381 g/mol. The third-order valence-corrected chi connectivity index (χ3v) is 4.66. The van der Waals surface area contributed by atoms with Crippen molar-refractivity contribution in [2.75, 3.05) is 5.32 Å². The summed E-state index contributed by atoms with van der Waals surface area (Å²) in [5, 5.41) is 3.25. The van der Waals surface area contributed by atoms with Gasteiger partial charge in [0, 0.05) is 36.6 Å². The van der Waals surface area contributed by atoms with Crippen LogP contribution in [0.4, 0.5) is 18.9 Å². The minimum Gasteiger partial charge on any atom is -0.380 e. The zero-order valence-electron chi connectivity index (χ0n) is 16.0. The number of aryl methyl sites for hydroxylation is 1. The van der Waals surface area contributed by atoms with Gasteiger partial charge in [0.15, 0.2) is 0 Å². The average Bonchev–Trinajstić information content (AvgIpc) is 3.10. The van der Waals surface area contributed by atoms with Gasteiger partial charge in [0.05, 0.1) is 17.6 Å². The van der Waals surface area contributed by atoms with Gasteiger partial charge in [-0.3, -0.25) is 4.79 Å². The Balaban J connectivity index is 1.95. The highest BCUT2D eigenvalue weighted by Crippen LogP contribution is 2.34. The fourth-order valence-corrected chi connectivity index (χ4v) is 3.24. The molecule has 2 aromatic carbocycles. The topological polar surface area (TPSA) is 72.9 Å². The van der Waals surface area contributed by atoms with E-state index >= 15 is 0 Å². The maximum absolute atomic E-state index is 12.7.